The second-order valence-electron chi connectivity index (χ2n) is 8.59. The van der Waals surface area contributed by atoms with Crippen molar-refractivity contribution < 1.29 is 37.1 Å². The molecule has 1 unspecified atom stereocenters. The van der Waals surface area contributed by atoms with Crippen molar-refractivity contribution in [1.82, 2.24) is 15.5 Å². The molecule has 0 aliphatic carbocycles. The predicted molar refractivity (Wildman–Crippen MR) is 121 cm³/mol. The van der Waals surface area contributed by atoms with E-state index in [1.807, 2.05) is 0 Å². The number of amides is 5. The number of piperidine rings is 1. The quantitative estimate of drug-likeness (QED) is 0.567. The number of rotatable bonds is 7. The molecule has 0 bridgehead atoms. The first-order chi connectivity index (χ1) is 17.0. The van der Waals surface area contributed by atoms with Gasteiger partial charge in [-0.1, -0.05) is 36.4 Å². The molecule has 2 aromatic carbocycles. The van der Waals surface area contributed by atoms with E-state index >= 15 is 0 Å². The summed E-state index contributed by atoms with van der Waals surface area (Å²) >= 11 is 0. The predicted octanol–water partition coefficient (Wildman–Crippen LogP) is 2.76. The van der Waals surface area contributed by atoms with Gasteiger partial charge in [0.1, 0.15) is 6.04 Å². The SMILES string of the molecule is O=C(CCC(F)(F)F)NCCc1ccc(-c2cccc3c2C(=O)N(C2CCC(=O)NC2=O)C3=O)cc1. The standard InChI is InChI=1S/C25H22F3N3O5/c26-25(27,28)12-10-19(32)29-13-11-14-4-6-15(7-5-14)16-2-1-3-17-21(16)24(36)31(23(17)35)18-8-9-20(33)30-22(18)34/h1-7,18H,8-13H2,(H,29,32)(H,30,33,34). The van der Waals surface area contributed by atoms with E-state index in [4.69, 9.17) is 0 Å². The lowest BCUT2D eigenvalue weighted by molar-refractivity contribution is -0.144. The Morgan fingerprint density at radius 3 is 2.36 bits per heavy atom. The van der Waals surface area contributed by atoms with Gasteiger partial charge in [-0.2, -0.15) is 13.2 Å². The van der Waals surface area contributed by atoms with Gasteiger partial charge in [-0.05, 0) is 35.6 Å². The third-order valence-corrected chi connectivity index (χ3v) is 6.10. The van der Waals surface area contributed by atoms with Crippen LogP contribution in [-0.2, 0) is 20.8 Å². The van der Waals surface area contributed by atoms with Gasteiger partial charge in [0.05, 0.1) is 17.5 Å². The summed E-state index contributed by atoms with van der Waals surface area (Å²) in [5.74, 6) is -3.01. The van der Waals surface area contributed by atoms with Gasteiger partial charge in [0.2, 0.25) is 17.7 Å². The molecule has 8 nitrogen and oxygen atoms in total. The molecule has 1 atom stereocenters. The van der Waals surface area contributed by atoms with E-state index in [0.29, 0.717) is 17.5 Å². The fraction of sp³-hybridized carbons (Fsp3) is 0.320. The topological polar surface area (TPSA) is 113 Å². The normalized spacial score (nSPS) is 17.8. The Labute approximate surface area is 203 Å². The highest BCUT2D eigenvalue weighted by molar-refractivity contribution is 6.25. The zero-order valence-electron chi connectivity index (χ0n) is 19.0. The van der Waals surface area contributed by atoms with Crippen LogP contribution in [0.5, 0.6) is 0 Å². The van der Waals surface area contributed by atoms with E-state index in [-0.39, 0.29) is 30.5 Å². The Balaban J connectivity index is 1.45. The fourth-order valence-corrected chi connectivity index (χ4v) is 4.30. The minimum atomic E-state index is -4.38. The summed E-state index contributed by atoms with van der Waals surface area (Å²) in [6, 6.07) is 10.8. The van der Waals surface area contributed by atoms with Crippen LogP contribution >= 0.6 is 0 Å². The Morgan fingerprint density at radius 1 is 1.00 bits per heavy atom. The first-order valence-corrected chi connectivity index (χ1v) is 11.3. The van der Waals surface area contributed by atoms with Crippen LogP contribution in [-0.4, -0.2) is 53.2 Å². The van der Waals surface area contributed by atoms with Crippen molar-refractivity contribution in [2.45, 2.75) is 44.3 Å². The van der Waals surface area contributed by atoms with Crippen LogP contribution in [0.1, 0.15) is 52.0 Å². The first kappa shape index (κ1) is 25.1. The minimum Gasteiger partial charge on any atom is -0.356 e. The summed E-state index contributed by atoms with van der Waals surface area (Å²) in [5, 5.41) is 4.62. The van der Waals surface area contributed by atoms with E-state index in [0.717, 1.165) is 10.5 Å². The molecule has 0 aromatic heterocycles. The Bertz CT molecular complexity index is 1240. The summed E-state index contributed by atoms with van der Waals surface area (Å²) < 4.78 is 36.6. The highest BCUT2D eigenvalue weighted by Gasteiger charge is 2.45. The van der Waals surface area contributed by atoms with Crippen molar-refractivity contribution in [3.05, 3.63) is 59.2 Å². The molecule has 2 aromatic rings. The summed E-state index contributed by atoms with van der Waals surface area (Å²) in [5.41, 5.74) is 2.32. The molecule has 0 spiro atoms. The summed E-state index contributed by atoms with van der Waals surface area (Å²) in [6.45, 7) is 0.171. The molecule has 0 radical (unpaired) electrons. The van der Waals surface area contributed by atoms with Gasteiger partial charge in [-0.3, -0.25) is 34.2 Å². The third kappa shape index (κ3) is 5.29. The summed E-state index contributed by atoms with van der Waals surface area (Å²) in [7, 11) is 0. The summed E-state index contributed by atoms with van der Waals surface area (Å²) in [4.78, 5) is 62.4. The molecular formula is C25H22F3N3O5. The van der Waals surface area contributed by atoms with E-state index < -0.39 is 54.6 Å². The summed E-state index contributed by atoms with van der Waals surface area (Å²) in [6.07, 6.45) is -5.68. The minimum absolute atomic E-state index is 0.0287. The van der Waals surface area contributed by atoms with Crippen molar-refractivity contribution in [3.63, 3.8) is 0 Å². The van der Waals surface area contributed by atoms with Gasteiger partial charge >= 0.3 is 6.18 Å². The van der Waals surface area contributed by atoms with E-state index in [2.05, 4.69) is 10.6 Å². The maximum Gasteiger partial charge on any atom is 0.389 e. The molecule has 2 aliphatic heterocycles. The van der Waals surface area contributed by atoms with Crippen LogP contribution < -0.4 is 10.6 Å². The number of hydrogen-bond acceptors (Lipinski definition) is 5. The number of halogens is 3. The maximum atomic E-state index is 13.2. The average molecular weight is 501 g/mol. The molecule has 0 saturated carbocycles. The number of carbonyl (C=O) groups is 5. The number of nitrogens with zero attached hydrogens (tertiary/aromatic N) is 1. The van der Waals surface area contributed by atoms with Crippen molar-refractivity contribution in [1.29, 1.82) is 0 Å². The highest BCUT2D eigenvalue weighted by atomic mass is 19.4. The van der Waals surface area contributed by atoms with Crippen molar-refractivity contribution >= 4 is 29.5 Å². The van der Waals surface area contributed by atoms with Gasteiger partial charge in [-0.25, -0.2) is 0 Å². The van der Waals surface area contributed by atoms with Crippen molar-refractivity contribution in [3.8, 4) is 11.1 Å². The molecule has 2 N–H and O–H groups in total. The molecule has 2 heterocycles. The monoisotopic (exact) mass is 501 g/mol. The number of hydrogen-bond donors (Lipinski definition) is 2. The molecular weight excluding hydrogens is 479 g/mol. The van der Waals surface area contributed by atoms with Gasteiger partial charge in [0.25, 0.3) is 11.8 Å². The third-order valence-electron chi connectivity index (χ3n) is 6.10. The van der Waals surface area contributed by atoms with Crippen LogP contribution in [0.15, 0.2) is 42.5 Å². The molecule has 1 fully saturated rings. The second-order valence-corrected chi connectivity index (χ2v) is 8.59. The van der Waals surface area contributed by atoms with Gasteiger partial charge in [0, 0.05) is 19.4 Å². The van der Waals surface area contributed by atoms with E-state index in [1.54, 1.807) is 36.4 Å². The van der Waals surface area contributed by atoms with Gasteiger partial charge < -0.3 is 5.32 Å². The smallest absolute Gasteiger partial charge is 0.356 e. The lowest BCUT2D eigenvalue weighted by Gasteiger charge is -2.27. The molecule has 4 rings (SSSR count). The Hall–Kier alpha value is -4.02. The van der Waals surface area contributed by atoms with Crippen molar-refractivity contribution in [2.75, 3.05) is 6.54 Å². The number of alkyl halides is 3. The van der Waals surface area contributed by atoms with Crippen molar-refractivity contribution in [2.24, 2.45) is 0 Å². The van der Waals surface area contributed by atoms with E-state index in [1.165, 1.54) is 6.07 Å². The Kier molecular flexibility index (Phi) is 6.91. The molecule has 188 valence electrons. The molecule has 2 aliphatic rings. The van der Waals surface area contributed by atoms with Crippen LogP contribution in [0.3, 0.4) is 0 Å². The maximum absolute atomic E-state index is 13.2. The zero-order chi connectivity index (χ0) is 26.0. The number of imide groups is 2. The number of benzene rings is 2. The first-order valence-electron chi connectivity index (χ1n) is 11.3. The molecule has 11 heteroatoms. The zero-order valence-corrected chi connectivity index (χ0v) is 19.0. The molecule has 5 amide bonds. The van der Waals surface area contributed by atoms with Crippen LogP contribution in [0.25, 0.3) is 11.1 Å². The molecule has 36 heavy (non-hydrogen) atoms. The highest BCUT2D eigenvalue weighted by Crippen LogP contribution is 2.35. The lowest BCUT2D eigenvalue weighted by atomic mass is 9.95. The van der Waals surface area contributed by atoms with Crippen LogP contribution in [0.4, 0.5) is 13.2 Å². The largest absolute Gasteiger partial charge is 0.389 e. The molecule has 1 saturated heterocycles. The number of carbonyl (C=O) groups excluding carboxylic acids is 5. The van der Waals surface area contributed by atoms with E-state index in [9.17, 15) is 37.1 Å². The Morgan fingerprint density at radius 2 is 1.69 bits per heavy atom. The van der Waals surface area contributed by atoms with Gasteiger partial charge in [-0.15, -0.1) is 0 Å². The fourth-order valence-electron chi connectivity index (χ4n) is 4.30. The number of fused-ring (bicyclic) bond motifs is 1. The van der Waals surface area contributed by atoms with Gasteiger partial charge in [0.15, 0.2) is 0 Å². The van der Waals surface area contributed by atoms with Crippen LogP contribution in [0, 0.1) is 0 Å². The second kappa shape index (κ2) is 9.92. The lowest BCUT2D eigenvalue weighted by Crippen LogP contribution is -2.54. The van der Waals surface area contributed by atoms with Crippen LogP contribution in [0.2, 0.25) is 0 Å². The number of nitrogens with one attached hydrogen (secondary N) is 2. The average Bonchev–Trinajstić information content (AvgIpc) is 3.08.